The summed E-state index contributed by atoms with van der Waals surface area (Å²) in [5.74, 6) is -0.187. The highest BCUT2D eigenvalue weighted by Gasteiger charge is 2.29. The first kappa shape index (κ1) is 17.8. The zero-order valence-electron chi connectivity index (χ0n) is 14.3. The lowest BCUT2D eigenvalue weighted by atomic mass is 10.1. The molecule has 0 aromatic heterocycles. The van der Waals surface area contributed by atoms with Crippen molar-refractivity contribution in [2.75, 3.05) is 33.7 Å². The fourth-order valence-corrected chi connectivity index (χ4v) is 2.62. The van der Waals surface area contributed by atoms with E-state index in [4.69, 9.17) is 0 Å². The number of carbonyl (C=O) groups is 3. The Hall–Kier alpha value is -2.57. The van der Waals surface area contributed by atoms with Gasteiger partial charge in [0.25, 0.3) is 5.91 Å². The molecule has 0 bridgehead atoms. The molecule has 0 radical (unpaired) electrons. The van der Waals surface area contributed by atoms with Crippen molar-refractivity contribution < 1.29 is 14.4 Å². The Morgan fingerprint density at radius 1 is 1.33 bits per heavy atom. The average Bonchev–Trinajstić information content (AvgIpc) is 2.58. The number of hydrogen-bond donors (Lipinski definition) is 2. The third-order valence-electron chi connectivity index (χ3n) is 4.26. The predicted octanol–water partition coefficient (Wildman–Crippen LogP) is 0.461. The van der Waals surface area contributed by atoms with Crippen LogP contribution in [0.25, 0.3) is 0 Å². The van der Waals surface area contributed by atoms with Crippen molar-refractivity contribution in [2.45, 2.75) is 19.4 Å². The monoisotopic (exact) mass is 332 g/mol. The molecule has 1 saturated heterocycles. The zero-order valence-corrected chi connectivity index (χ0v) is 14.3. The summed E-state index contributed by atoms with van der Waals surface area (Å²) < 4.78 is 0. The number of nitrogens with zero attached hydrogens (tertiary/aromatic N) is 2. The van der Waals surface area contributed by atoms with Crippen LogP contribution in [0.1, 0.15) is 22.8 Å². The summed E-state index contributed by atoms with van der Waals surface area (Å²) in [6.45, 7) is 3.01. The van der Waals surface area contributed by atoms with Gasteiger partial charge >= 0.3 is 6.03 Å². The normalized spacial score (nSPS) is 17.6. The minimum absolute atomic E-state index is 0.0150. The fraction of sp³-hybridized carbons (Fsp3) is 0.471. The van der Waals surface area contributed by atoms with Gasteiger partial charge in [-0.05, 0) is 31.0 Å². The molecule has 0 saturated carbocycles. The molecule has 2 N–H and O–H groups in total. The smallest absolute Gasteiger partial charge is 0.317 e. The second-order valence-electron chi connectivity index (χ2n) is 6.00. The Morgan fingerprint density at radius 2 is 2.08 bits per heavy atom. The highest BCUT2D eigenvalue weighted by molar-refractivity contribution is 5.94. The highest BCUT2D eigenvalue weighted by atomic mass is 16.2. The Balaban J connectivity index is 1.85. The average molecular weight is 332 g/mol. The number of amides is 4. The van der Waals surface area contributed by atoms with Crippen LogP contribution in [0.5, 0.6) is 0 Å². The molecule has 1 heterocycles. The third kappa shape index (κ3) is 4.24. The number of nitrogens with one attached hydrogen (secondary N) is 2. The van der Waals surface area contributed by atoms with Gasteiger partial charge in [-0.1, -0.05) is 12.1 Å². The van der Waals surface area contributed by atoms with Crippen molar-refractivity contribution in [2.24, 2.45) is 0 Å². The van der Waals surface area contributed by atoms with Crippen LogP contribution in [0.4, 0.5) is 4.79 Å². The zero-order chi connectivity index (χ0) is 17.7. The standard InChI is InChI=1S/C17H24N4O3/c1-12-10-21(11-15(22)20(12)3)17(24)19-8-7-13-5-4-6-14(9-13)16(23)18-2/h4-6,9,12H,7-8,10-11H2,1-3H3,(H,18,23)(H,19,24). The van der Waals surface area contributed by atoms with Crippen molar-refractivity contribution in [1.29, 1.82) is 0 Å². The maximum absolute atomic E-state index is 12.2. The molecular formula is C17H24N4O3. The number of piperazine rings is 1. The van der Waals surface area contributed by atoms with Crippen molar-refractivity contribution in [3.63, 3.8) is 0 Å². The van der Waals surface area contributed by atoms with E-state index < -0.39 is 0 Å². The van der Waals surface area contributed by atoms with E-state index in [0.717, 1.165) is 5.56 Å². The van der Waals surface area contributed by atoms with Crippen molar-refractivity contribution in [3.8, 4) is 0 Å². The summed E-state index contributed by atoms with van der Waals surface area (Å²) in [6.07, 6.45) is 0.619. The number of urea groups is 1. The summed E-state index contributed by atoms with van der Waals surface area (Å²) in [6, 6.07) is 7.08. The molecule has 1 unspecified atom stereocenters. The molecule has 1 fully saturated rings. The van der Waals surface area contributed by atoms with Gasteiger partial charge in [0.1, 0.15) is 6.54 Å². The molecule has 1 aliphatic rings. The lowest BCUT2D eigenvalue weighted by Crippen LogP contribution is -2.57. The number of hydrogen-bond acceptors (Lipinski definition) is 3. The van der Waals surface area contributed by atoms with Crippen molar-refractivity contribution in [1.82, 2.24) is 20.4 Å². The van der Waals surface area contributed by atoms with E-state index in [2.05, 4.69) is 10.6 Å². The van der Waals surface area contributed by atoms with Gasteiger partial charge in [-0.15, -0.1) is 0 Å². The Bertz CT molecular complexity index is 632. The molecule has 1 aromatic carbocycles. The third-order valence-corrected chi connectivity index (χ3v) is 4.26. The molecule has 24 heavy (non-hydrogen) atoms. The predicted molar refractivity (Wildman–Crippen MR) is 90.7 cm³/mol. The summed E-state index contributed by atoms with van der Waals surface area (Å²) in [4.78, 5) is 38.8. The van der Waals surface area contributed by atoms with Gasteiger partial charge in [0.2, 0.25) is 5.91 Å². The van der Waals surface area contributed by atoms with E-state index in [1.165, 1.54) is 4.90 Å². The summed E-state index contributed by atoms with van der Waals surface area (Å²) >= 11 is 0. The maximum atomic E-state index is 12.2. The first-order valence-corrected chi connectivity index (χ1v) is 8.02. The van der Waals surface area contributed by atoms with E-state index in [-0.39, 0.29) is 30.4 Å². The Kier molecular flexibility index (Phi) is 5.78. The number of carbonyl (C=O) groups excluding carboxylic acids is 3. The Morgan fingerprint density at radius 3 is 2.75 bits per heavy atom. The van der Waals surface area contributed by atoms with Crippen LogP contribution in [0.3, 0.4) is 0 Å². The summed E-state index contributed by atoms with van der Waals surface area (Å²) in [5, 5.41) is 5.42. The molecule has 1 aliphatic heterocycles. The van der Waals surface area contributed by atoms with Crippen LogP contribution in [0, 0.1) is 0 Å². The molecule has 4 amide bonds. The first-order valence-electron chi connectivity index (χ1n) is 8.02. The fourth-order valence-electron chi connectivity index (χ4n) is 2.62. The van der Waals surface area contributed by atoms with Crippen LogP contribution in [0.2, 0.25) is 0 Å². The van der Waals surface area contributed by atoms with Gasteiger partial charge in [-0.25, -0.2) is 4.79 Å². The van der Waals surface area contributed by atoms with E-state index >= 15 is 0 Å². The van der Waals surface area contributed by atoms with Crippen LogP contribution in [-0.2, 0) is 11.2 Å². The number of rotatable bonds is 4. The number of likely N-dealkylation sites (N-methyl/N-ethyl adjacent to an activating group) is 1. The van der Waals surface area contributed by atoms with Gasteiger partial charge < -0.3 is 20.4 Å². The second kappa shape index (κ2) is 7.81. The maximum Gasteiger partial charge on any atom is 0.317 e. The van der Waals surface area contributed by atoms with Crippen molar-refractivity contribution >= 4 is 17.8 Å². The minimum atomic E-state index is -0.231. The van der Waals surface area contributed by atoms with E-state index in [0.29, 0.717) is 25.1 Å². The minimum Gasteiger partial charge on any atom is -0.355 e. The van der Waals surface area contributed by atoms with Crippen LogP contribution in [-0.4, -0.2) is 67.4 Å². The molecule has 1 aromatic rings. The van der Waals surface area contributed by atoms with E-state index in [1.54, 1.807) is 25.1 Å². The largest absolute Gasteiger partial charge is 0.355 e. The van der Waals surface area contributed by atoms with E-state index in [9.17, 15) is 14.4 Å². The lowest BCUT2D eigenvalue weighted by molar-refractivity contribution is -0.135. The molecule has 0 spiro atoms. The quantitative estimate of drug-likeness (QED) is 0.840. The summed E-state index contributed by atoms with van der Waals surface area (Å²) in [7, 11) is 3.34. The van der Waals surface area contributed by atoms with Gasteiger partial charge in [0.15, 0.2) is 0 Å². The lowest BCUT2D eigenvalue weighted by Gasteiger charge is -2.37. The Labute approximate surface area is 142 Å². The molecule has 7 nitrogen and oxygen atoms in total. The van der Waals surface area contributed by atoms with Crippen LogP contribution < -0.4 is 10.6 Å². The second-order valence-corrected chi connectivity index (χ2v) is 6.00. The van der Waals surface area contributed by atoms with Gasteiger partial charge in [0.05, 0.1) is 0 Å². The van der Waals surface area contributed by atoms with Crippen LogP contribution >= 0.6 is 0 Å². The van der Waals surface area contributed by atoms with Gasteiger partial charge in [-0.3, -0.25) is 9.59 Å². The van der Waals surface area contributed by atoms with Gasteiger partial charge in [0, 0.05) is 38.8 Å². The van der Waals surface area contributed by atoms with Gasteiger partial charge in [-0.2, -0.15) is 0 Å². The molecule has 1 atom stereocenters. The summed E-state index contributed by atoms with van der Waals surface area (Å²) in [5.41, 5.74) is 1.57. The van der Waals surface area contributed by atoms with Crippen molar-refractivity contribution in [3.05, 3.63) is 35.4 Å². The SMILES string of the molecule is CNC(=O)c1cccc(CCNC(=O)N2CC(=O)N(C)C(C)C2)c1. The molecule has 2 rings (SSSR count). The number of benzene rings is 1. The van der Waals surface area contributed by atoms with E-state index in [1.807, 2.05) is 25.1 Å². The molecule has 0 aliphatic carbocycles. The highest BCUT2D eigenvalue weighted by Crippen LogP contribution is 2.09. The molecule has 130 valence electrons. The van der Waals surface area contributed by atoms with Crippen LogP contribution in [0.15, 0.2) is 24.3 Å². The molecular weight excluding hydrogens is 308 g/mol. The molecule has 7 heteroatoms. The topological polar surface area (TPSA) is 81.8 Å². The first-order chi connectivity index (χ1) is 11.4.